The number of anilines is 1. The molecule has 36 heavy (non-hydrogen) atoms. The first-order valence-electron chi connectivity index (χ1n) is 13.5. The zero-order valence-electron chi connectivity index (χ0n) is 22.5. The molecule has 1 atom stereocenters. The third-order valence-electron chi connectivity index (χ3n) is 7.55. The molecule has 2 aromatic rings. The lowest BCUT2D eigenvalue weighted by molar-refractivity contribution is -0.135. The van der Waals surface area contributed by atoms with Crippen LogP contribution in [-0.4, -0.2) is 62.3 Å². The number of ether oxygens (including phenoxy) is 2. The summed E-state index contributed by atoms with van der Waals surface area (Å²) in [6.07, 6.45) is 2.38. The number of hydrogen-bond acceptors (Lipinski definition) is 5. The number of rotatable bonds is 9. The molecule has 6 nitrogen and oxygen atoms in total. The monoisotopic (exact) mass is 493 g/mol. The largest absolute Gasteiger partial charge is 0.494 e. The molecule has 196 valence electrons. The highest BCUT2D eigenvalue weighted by Crippen LogP contribution is 2.28. The number of nitrogens with one attached hydrogen (secondary N) is 1. The van der Waals surface area contributed by atoms with Crippen LogP contribution in [-0.2, 0) is 16.1 Å². The minimum atomic E-state index is -0.206. The fourth-order valence-electron chi connectivity index (χ4n) is 5.29. The lowest BCUT2D eigenvalue weighted by Crippen LogP contribution is -2.46. The van der Waals surface area contributed by atoms with Gasteiger partial charge in [-0.05, 0) is 81.8 Å². The van der Waals surface area contributed by atoms with Crippen molar-refractivity contribution in [3.8, 4) is 5.75 Å². The summed E-state index contributed by atoms with van der Waals surface area (Å²) < 4.78 is 11.7. The van der Waals surface area contributed by atoms with Gasteiger partial charge in [0.15, 0.2) is 0 Å². The summed E-state index contributed by atoms with van der Waals surface area (Å²) in [5, 5.41) is 3.08. The van der Waals surface area contributed by atoms with E-state index in [-0.39, 0.29) is 17.4 Å². The van der Waals surface area contributed by atoms with Crippen molar-refractivity contribution in [2.45, 2.75) is 59.1 Å². The maximum Gasteiger partial charge on any atom is 0.223 e. The second kappa shape index (κ2) is 12.1. The van der Waals surface area contributed by atoms with Gasteiger partial charge in [0, 0.05) is 57.5 Å². The quantitative estimate of drug-likeness (QED) is 0.513. The zero-order chi connectivity index (χ0) is 25.5. The summed E-state index contributed by atoms with van der Waals surface area (Å²) in [6.45, 7) is 15.6. The van der Waals surface area contributed by atoms with Crippen LogP contribution in [0.3, 0.4) is 0 Å². The molecule has 1 N–H and O–H groups in total. The molecule has 1 amide bonds. The topological polar surface area (TPSA) is 54.0 Å². The van der Waals surface area contributed by atoms with E-state index in [9.17, 15) is 4.79 Å². The third-order valence-corrected chi connectivity index (χ3v) is 7.55. The highest BCUT2D eigenvalue weighted by Gasteiger charge is 2.32. The zero-order valence-corrected chi connectivity index (χ0v) is 22.5. The predicted molar refractivity (Wildman–Crippen MR) is 146 cm³/mol. The molecule has 2 aliphatic rings. The number of carbonyl (C=O) groups is 1. The van der Waals surface area contributed by atoms with Crippen LogP contribution in [0.15, 0.2) is 42.5 Å². The van der Waals surface area contributed by atoms with Gasteiger partial charge in [0.1, 0.15) is 5.75 Å². The summed E-state index contributed by atoms with van der Waals surface area (Å²) in [4.78, 5) is 17.5. The Balaban J connectivity index is 1.16. The van der Waals surface area contributed by atoms with Gasteiger partial charge in [-0.15, -0.1) is 0 Å². The molecule has 2 aromatic carbocycles. The highest BCUT2D eigenvalue weighted by molar-refractivity contribution is 5.78. The number of aryl methyl sites for hydroxylation is 1. The molecule has 0 aliphatic carbocycles. The van der Waals surface area contributed by atoms with E-state index in [0.29, 0.717) is 19.8 Å². The number of nitrogens with zero attached hydrogens (tertiary/aromatic N) is 2. The van der Waals surface area contributed by atoms with Gasteiger partial charge in [-0.2, -0.15) is 0 Å². The summed E-state index contributed by atoms with van der Waals surface area (Å²) in [5.41, 5.74) is 5.20. The fraction of sp³-hybridized carbons (Fsp3) is 0.567. The van der Waals surface area contributed by atoms with Crippen LogP contribution in [0.4, 0.5) is 5.69 Å². The number of carbonyl (C=O) groups excluding carboxylic acids is 1. The molecule has 0 spiro atoms. The van der Waals surface area contributed by atoms with E-state index in [2.05, 4.69) is 79.2 Å². The van der Waals surface area contributed by atoms with Crippen LogP contribution in [0.2, 0.25) is 0 Å². The molecule has 2 aliphatic heterocycles. The van der Waals surface area contributed by atoms with E-state index in [4.69, 9.17) is 9.47 Å². The lowest BCUT2D eigenvalue weighted by atomic mass is 9.88. The molecule has 0 unspecified atom stereocenters. The van der Waals surface area contributed by atoms with E-state index < -0.39 is 0 Å². The summed E-state index contributed by atoms with van der Waals surface area (Å²) in [5.74, 6) is 1.10. The molecule has 2 fully saturated rings. The molecule has 0 saturated carbocycles. The number of piperazine rings is 1. The van der Waals surface area contributed by atoms with Gasteiger partial charge in [0.05, 0.1) is 12.2 Å². The Morgan fingerprint density at radius 3 is 2.67 bits per heavy atom. The van der Waals surface area contributed by atoms with Crippen molar-refractivity contribution < 1.29 is 14.3 Å². The Morgan fingerprint density at radius 2 is 1.89 bits per heavy atom. The van der Waals surface area contributed by atoms with Gasteiger partial charge < -0.3 is 19.7 Å². The van der Waals surface area contributed by atoms with E-state index in [0.717, 1.165) is 57.7 Å². The Kier molecular flexibility index (Phi) is 8.91. The molecule has 0 radical (unpaired) electrons. The van der Waals surface area contributed by atoms with Crippen LogP contribution in [0.1, 0.15) is 49.8 Å². The Bertz CT molecular complexity index is 1010. The van der Waals surface area contributed by atoms with Gasteiger partial charge >= 0.3 is 0 Å². The van der Waals surface area contributed by atoms with E-state index in [1.807, 2.05) is 6.07 Å². The molecule has 0 aromatic heterocycles. The van der Waals surface area contributed by atoms with Crippen LogP contribution in [0.25, 0.3) is 0 Å². The predicted octanol–water partition coefficient (Wildman–Crippen LogP) is 4.72. The molecule has 4 rings (SSSR count). The fourth-order valence-corrected chi connectivity index (χ4v) is 5.29. The lowest BCUT2D eigenvalue weighted by Gasteiger charge is -2.37. The SMILES string of the molecule is Cc1cccc(N2CCN(Cc3cccc(OCCCNC(=O)[C@@H]4CCOC(C)(C)C4)c3)CC2)c1C. The Labute approximate surface area is 217 Å². The second-order valence-corrected chi connectivity index (χ2v) is 10.9. The normalized spacial score (nSPS) is 20.2. The first-order valence-corrected chi connectivity index (χ1v) is 13.5. The molecule has 2 saturated heterocycles. The van der Waals surface area contributed by atoms with Crippen molar-refractivity contribution in [3.05, 3.63) is 59.2 Å². The second-order valence-electron chi connectivity index (χ2n) is 10.9. The third kappa shape index (κ3) is 7.23. The van der Waals surface area contributed by atoms with Gasteiger partial charge in [-0.1, -0.05) is 24.3 Å². The van der Waals surface area contributed by atoms with Crippen molar-refractivity contribution in [1.29, 1.82) is 0 Å². The van der Waals surface area contributed by atoms with Crippen molar-refractivity contribution in [3.63, 3.8) is 0 Å². The smallest absolute Gasteiger partial charge is 0.223 e. The van der Waals surface area contributed by atoms with Crippen LogP contribution >= 0.6 is 0 Å². The minimum Gasteiger partial charge on any atom is -0.494 e. The Hall–Kier alpha value is -2.57. The van der Waals surface area contributed by atoms with E-state index >= 15 is 0 Å². The van der Waals surface area contributed by atoms with Gasteiger partial charge in [0.25, 0.3) is 0 Å². The van der Waals surface area contributed by atoms with Gasteiger partial charge in [-0.3, -0.25) is 9.69 Å². The average molecular weight is 494 g/mol. The maximum atomic E-state index is 12.5. The van der Waals surface area contributed by atoms with E-state index in [1.54, 1.807) is 0 Å². The highest BCUT2D eigenvalue weighted by atomic mass is 16.5. The molecule has 2 heterocycles. The minimum absolute atomic E-state index is 0.0500. The number of amides is 1. The average Bonchev–Trinajstić information content (AvgIpc) is 2.86. The van der Waals surface area contributed by atoms with Crippen molar-refractivity contribution in [1.82, 2.24) is 10.2 Å². The first kappa shape index (κ1) is 26.5. The summed E-state index contributed by atoms with van der Waals surface area (Å²) in [6, 6.07) is 15.0. The molecule has 6 heteroatoms. The molecular weight excluding hydrogens is 450 g/mol. The van der Waals surface area contributed by atoms with Crippen molar-refractivity contribution in [2.24, 2.45) is 5.92 Å². The summed E-state index contributed by atoms with van der Waals surface area (Å²) >= 11 is 0. The Morgan fingerprint density at radius 1 is 1.11 bits per heavy atom. The molecule has 0 bridgehead atoms. The van der Waals surface area contributed by atoms with Crippen molar-refractivity contribution in [2.75, 3.05) is 50.8 Å². The number of benzene rings is 2. The molecular formula is C30H43N3O3. The maximum absolute atomic E-state index is 12.5. The van der Waals surface area contributed by atoms with Crippen molar-refractivity contribution >= 4 is 11.6 Å². The van der Waals surface area contributed by atoms with E-state index in [1.165, 1.54) is 22.4 Å². The first-order chi connectivity index (χ1) is 17.3. The standard InChI is InChI=1S/C30H43N3O3/c1-23-8-5-11-28(24(23)2)33-16-14-32(15-17-33)22-25-9-6-10-27(20-25)35-18-7-13-31-29(34)26-12-19-36-30(3,4)21-26/h5-6,8-11,20,26H,7,12-19,21-22H2,1-4H3,(H,31,34)/t26-/m1/s1. The van der Waals surface area contributed by atoms with Crippen LogP contribution in [0, 0.1) is 19.8 Å². The summed E-state index contributed by atoms with van der Waals surface area (Å²) in [7, 11) is 0. The van der Waals surface area contributed by atoms with Crippen LogP contribution in [0.5, 0.6) is 5.75 Å². The number of hydrogen-bond donors (Lipinski definition) is 1. The van der Waals surface area contributed by atoms with Gasteiger partial charge in [0.2, 0.25) is 5.91 Å². The van der Waals surface area contributed by atoms with Crippen LogP contribution < -0.4 is 15.0 Å². The van der Waals surface area contributed by atoms with Gasteiger partial charge in [-0.25, -0.2) is 0 Å².